The van der Waals surface area contributed by atoms with Crippen LogP contribution in [0.3, 0.4) is 0 Å². The molecule has 2 aliphatic heterocycles. The van der Waals surface area contributed by atoms with Gasteiger partial charge < -0.3 is 21.1 Å². The number of aromatic hydroxyl groups is 1. The standard InChI is InChI=1S/C33H33N7O5/c41-25-12-9-21(10-13-25)15-27(36-29(42)16-20-5-2-1-3-6-20)31(43)37-26-14-11-22-7-4-8-23-17-28(40(30(22)23)33(26)45)32(44)34-18-24-19-35-39-38-24/h1-10,12-13,19,26-28,41H,11,14-18H2,(H,34,44)(H,36,42)(H,37,43)(H,35,38,39)/t26-,27-,28-/m0/s1. The summed E-state index contributed by atoms with van der Waals surface area (Å²) in [7, 11) is 0. The van der Waals surface area contributed by atoms with E-state index in [0.29, 0.717) is 25.0 Å². The van der Waals surface area contributed by atoms with Crippen molar-refractivity contribution in [3.8, 4) is 5.75 Å². The van der Waals surface area contributed by atoms with E-state index in [1.54, 1.807) is 12.1 Å². The van der Waals surface area contributed by atoms with Crippen molar-refractivity contribution in [1.29, 1.82) is 0 Å². The van der Waals surface area contributed by atoms with Gasteiger partial charge in [0.1, 0.15) is 29.6 Å². The number of H-pyrrole nitrogens is 1. The molecule has 0 spiro atoms. The number of benzene rings is 3. The van der Waals surface area contributed by atoms with E-state index in [4.69, 9.17) is 0 Å². The van der Waals surface area contributed by atoms with Crippen LogP contribution in [0.5, 0.6) is 5.75 Å². The van der Waals surface area contributed by atoms with Crippen LogP contribution in [0.1, 0.15) is 34.4 Å². The lowest BCUT2D eigenvalue weighted by molar-refractivity contribution is -0.132. The van der Waals surface area contributed by atoms with Crippen molar-refractivity contribution in [2.75, 3.05) is 4.90 Å². The van der Waals surface area contributed by atoms with Crippen molar-refractivity contribution in [2.24, 2.45) is 0 Å². The van der Waals surface area contributed by atoms with Gasteiger partial charge >= 0.3 is 0 Å². The summed E-state index contributed by atoms with van der Waals surface area (Å²) in [5, 5.41) is 28.5. The second-order valence-corrected chi connectivity index (χ2v) is 11.3. The molecule has 1 aromatic heterocycles. The number of amides is 4. The molecule has 0 unspecified atom stereocenters. The van der Waals surface area contributed by atoms with Crippen LogP contribution in [0.25, 0.3) is 0 Å². The number of phenolic OH excluding ortho intramolecular Hbond substituents is 1. The lowest BCUT2D eigenvalue weighted by Crippen LogP contribution is -2.57. The van der Waals surface area contributed by atoms with Gasteiger partial charge in [0.05, 0.1) is 24.8 Å². The summed E-state index contributed by atoms with van der Waals surface area (Å²) in [6, 6.07) is 18.7. The largest absolute Gasteiger partial charge is 0.508 e. The molecule has 45 heavy (non-hydrogen) atoms. The fourth-order valence-electron chi connectivity index (χ4n) is 5.96. The van der Waals surface area contributed by atoms with Crippen molar-refractivity contribution in [2.45, 2.75) is 56.8 Å². The minimum atomic E-state index is -0.986. The van der Waals surface area contributed by atoms with E-state index in [0.717, 1.165) is 27.9 Å². The van der Waals surface area contributed by atoms with Gasteiger partial charge in [-0.3, -0.25) is 24.1 Å². The Morgan fingerprint density at radius 2 is 1.76 bits per heavy atom. The lowest BCUT2D eigenvalue weighted by Gasteiger charge is -2.29. The fraction of sp³-hybridized carbons (Fsp3) is 0.273. The number of rotatable bonds is 10. The van der Waals surface area contributed by atoms with Gasteiger partial charge in [0.15, 0.2) is 0 Å². The predicted molar refractivity (Wildman–Crippen MR) is 164 cm³/mol. The number of aryl methyl sites for hydroxylation is 1. The van der Waals surface area contributed by atoms with E-state index < -0.39 is 24.0 Å². The van der Waals surface area contributed by atoms with Crippen LogP contribution in [0.4, 0.5) is 5.69 Å². The van der Waals surface area contributed by atoms with Gasteiger partial charge in [-0.15, -0.1) is 0 Å². The molecular formula is C33H33N7O5. The summed E-state index contributed by atoms with van der Waals surface area (Å²) in [6.45, 7) is 0.152. The Balaban J connectivity index is 1.21. The second-order valence-electron chi connectivity index (χ2n) is 11.3. The first kappa shape index (κ1) is 29.5. The van der Waals surface area contributed by atoms with Crippen molar-refractivity contribution >= 4 is 29.3 Å². The molecule has 2 aliphatic rings. The van der Waals surface area contributed by atoms with Gasteiger partial charge in [0, 0.05) is 12.8 Å². The number of aromatic nitrogens is 3. The van der Waals surface area contributed by atoms with Crippen LogP contribution >= 0.6 is 0 Å². The van der Waals surface area contributed by atoms with Gasteiger partial charge in [0.2, 0.25) is 23.6 Å². The normalized spacial score (nSPS) is 17.6. The Bertz CT molecular complexity index is 1690. The molecule has 4 aromatic rings. The minimum Gasteiger partial charge on any atom is -0.508 e. The van der Waals surface area contributed by atoms with Gasteiger partial charge in [-0.1, -0.05) is 60.7 Å². The molecule has 3 heterocycles. The Hall–Kier alpha value is -5.52. The molecule has 3 aromatic carbocycles. The average molecular weight is 608 g/mol. The molecule has 0 fully saturated rings. The zero-order valence-corrected chi connectivity index (χ0v) is 24.4. The number of phenols is 1. The van der Waals surface area contributed by atoms with Gasteiger partial charge in [-0.2, -0.15) is 15.4 Å². The van der Waals surface area contributed by atoms with Crippen molar-refractivity contribution in [3.63, 3.8) is 0 Å². The van der Waals surface area contributed by atoms with Crippen LogP contribution in [-0.2, 0) is 51.4 Å². The first-order valence-electron chi connectivity index (χ1n) is 14.8. The first-order chi connectivity index (χ1) is 21.9. The molecule has 3 atom stereocenters. The fourth-order valence-corrected chi connectivity index (χ4v) is 5.96. The summed E-state index contributed by atoms with van der Waals surface area (Å²) in [5.41, 5.74) is 4.63. The zero-order chi connectivity index (χ0) is 31.3. The lowest BCUT2D eigenvalue weighted by atomic mass is 10.0. The molecular weight excluding hydrogens is 574 g/mol. The third-order valence-corrected chi connectivity index (χ3v) is 8.17. The number of nitrogens with zero attached hydrogens (tertiary/aromatic N) is 3. The zero-order valence-electron chi connectivity index (χ0n) is 24.4. The maximum atomic E-state index is 14.1. The van der Waals surface area contributed by atoms with Gasteiger partial charge in [-0.25, -0.2) is 0 Å². The number of nitrogens with one attached hydrogen (secondary N) is 4. The van der Waals surface area contributed by atoms with Crippen molar-refractivity contribution in [1.82, 2.24) is 31.4 Å². The minimum absolute atomic E-state index is 0.0829. The highest BCUT2D eigenvalue weighted by Crippen LogP contribution is 2.39. The van der Waals surface area contributed by atoms with Crippen molar-refractivity contribution < 1.29 is 24.3 Å². The molecule has 0 aliphatic carbocycles. The number of carbonyl (C=O) groups is 4. The number of hydrogen-bond donors (Lipinski definition) is 5. The molecule has 0 bridgehead atoms. The van der Waals surface area contributed by atoms with E-state index in [9.17, 15) is 24.3 Å². The molecule has 12 heteroatoms. The Morgan fingerprint density at radius 3 is 2.51 bits per heavy atom. The van der Waals surface area contributed by atoms with Crippen LogP contribution in [0, 0.1) is 0 Å². The number of carbonyl (C=O) groups excluding carboxylic acids is 4. The third kappa shape index (κ3) is 6.69. The Labute approximate surface area is 259 Å². The Kier molecular flexibility index (Phi) is 8.54. The summed E-state index contributed by atoms with van der Waals surface area (Å²) in [4.78, 5) is 55.9. The number of anilines is 1. The van der Waals surface area contributed by atoms with Crippen LogP contribution in [0.15, 0.2) is 79.0 Å². The van der Waals surface area contributed by atoms with Gasteiger partial charge in [-0.05, 0) is 47.2 Å². The highest BCUT2D eigenvalue weighted by atomic mass is 16.3. The van der Waals surface area contributed by atoms with Crippen LogP contribution in [-0.4, -0.2) is 62.3 Å². The third-order valence-electron chi connectivity index (χ3n) is 8.17. The average Bonchev–Trinajstić information content (AvgIpc) is 3.68. The number of para-hydroxylation sites is 1. The SMILES string of the molecule is O=C(Cc1ccccc1)N[C@@H](Cc1ccc(O)cc1)C(=O)N[C@H]1CCc2cccc3c2N(C1=O)[C@H](C(=O)NCc1cn[nH]n1)C3. The summed E-state index contributed by atoms with van der Waals surface area (Å²) >= 11 is 0. The molecule has 4 amide bonds. The highest BCUT2D eigenvalue weighted by Gasteiger charge is 2.44. The predicted octanol–water partition coefficient (Wildman–Crippen LogP) is 1.49. The van der Waals surface area contributed by atoms with E-state index >= 15 is 0 Å². The summed E-state index contributed by atoms with van der Waals surface area (Å²) in [5.74, 6) is -1.49. The molecule has 230 valence electrons. The van der Waals surface area contributed by atoms with E-state index in [1.165, 1.54) is 23.2 Å². The number of hydrogen-bond acceptors (Lipinski definition) is 7. The summed E-state index contributed by atoms with van der Waals surface area (Å²) < 4.78 is 0. The van der Waals surface area contributed by atoms with Crippen LogP contribution in [0.2, 0.25) is 0 Å². The van der Waals surface area contributed by atoms with Gasteiger partial charge in [0.25, 0.3) is 0 Å². The Morgan fingerprint density at radius 1 is 0.978 bits per heavy atom. The van der Waals surface area contributed by atoms with Crippen molar-refractivity contribution in [3.05, 3.63) is 107 Å². The molecule has 0 radical (unpaired) electrons. The second kappa shape index (κ2) is 13.0. The van der Waals surface area contributed by atoms with E-state index in [-0.39, 0.29) is 42.9 Å². The van der Waals surface area contributed by atoms with E-state index in [2.05, 4.69) is 31.4 Å². The number of aromatic amines is 1. The van der Waals surface area contributed by atoms with E-state index in [1.807, 2.05) is 48.5 Å². The topological polar surface area (TPSA) is 169 Å². The molecule has 0 saturated carbocycles. The maximum Gasteiger partial charge on any atom is 0.250 e. The maximum absolute atomic E-state index is 14.1. The van der Waals surface area contributed by atoms with Crippen LogP contribution < -0.4 is 20.9 Å². The summed E-state index contributed by atoms with van der Waals surface area (Å²) in [6.07, 6.45) is 2.94. The molecule has 0 saturated heterocycles. The smallest absolute Gasteiger partial charge is 0.250 e. The first-order valence-corrected chi connectivity index (χ1v) is 14.8. The quantitative estimate of drug-likeness (QED) is 0.182. The molecule has 12 nitrogen and oxygen atoms in total. The monoisotopic (exact) mass is 607 g/mol. The highest BCUT2D eigenvalue weighted by molar-refractivity contribution is 6.08. The molecule has 5 N–H and O–H groups in total. The molecule has 6 rings (SSSR count).